The quantitative estimate of drug-likeness (QED) is 0.191. The fraction of sp³-hybridized carbons (Fsp3) is 0.724. The van der Waals surface area contributed by atoms with Crippen molar-refractivity contribution in [1.29, 1.82) is 0 Å². The van der Waals surface area contributed by atoms with Gasteiger partial charge in [-0.3, -0.25) is 9.59 Å². The number of benzene rings is 1. The van der Waals surface area contributed by atoms with Crippen LogP contribution >= 0.6 is 0 Å². The lowest BCUT2D eigenvalue weighted by atomic mass is 9.86. The number of aliphatic carboxylic acids is 1. The largest absolute Gasteiger partial charge is 0.481 e. The lowest BCUT2D eigenvalue weighted by Gasteiger charge is -2.22. The maximum Gasteiger partial charge on any atom is 0.309 e. The summed E-state index contributed by atoms with van der Waals surface area (Å²) in [4.78, 5) is 21.8. The highest BCUT2D eigenvalue weighted by molar-refractivity contribution is 5.73. The van der Waals surface area contributed by atoms with E-state index >= 15 is 0 Å². The Kier molecular flexibility index (Phi) is 12.2. The van der Waals surface area contributed by atoms with Crippen molar-refractivity contribution in [3.8, 4) is 0 Å². The van der Waals surface area contributed by atoms with Gasteiger partial charge in [0.05, 0.1) is 5.41 Å². The van der Waals surface area contributed by atoms with Gasteiger partial charge < -0.3 is 9.84 Å². The third kappa shape index (κ3) is 10.3. The summed E-state index contributed by atoms with van der Waals surface area (Å²) in [6.45, 7) is 14.9. The van der Waals surface area contributed by atoms with E-state index in [0.29, 0.717) is 6.47 Å². The number of carbonyl (C=O) groups is 2. The van der Waals surface area contributed by atoms with E-state index in [9.17, 15) is 14.7 Å². The Balaban J connectivity index is 2.48. The van der Waals surface area contributed by atoms with Crippen LogP contribution in [0.2, 0.25) is 0 Å². The highest BCUT2D eigenvalue weighted by Crippen LogP contribution is 2.27. The van der Waals surface area contributed by atoms with Gasteiger partial charge in [0.2, 0.25) is 0 Å². The molecule has 0 atom stereocenters. The van der Waals surface area contributed by atoms with Crippen molar-refractivity contribution in [1.82, 2.24) is 0 Å². The van der Waals surface area contributed by atoms with E-state index in [1.807, 2.05) is 27.7 Å². The zero-order valence-corrected chi connectivity index (χ0v) is 22.3. The molecule has 1 aromatic rings. The van der Waals surface area contributed by atoms with Gasteiger partial charge in [-0.25, -0.2) is 0 Å². The van der Waals surface area contributed by atoms with Crippen molar-refractivity contribution in [3.63, 3.8) is 0 Å². The summed E-state index contributed by atoms with van der Waals surface area (Å²) in [5, 5.41) is 9.24. The molecule has 1 aromatic carbocycles. The van der Waals surface area contributed by atoms with Gasteiger partial charge in [0, 0.05) is 0 Å². The molecule has 0 aliphatic rings. The molecule has 33 heavy (non-hydrogen) atoms. The first-order valence-corrected chi connectivity index (χ1v) is 12.8. The van der Waals surface area contributed by atoms with Gasteiger partial charge in [-0.2, -0.15) is 0 Å². The Labute approximate surface area is 202 Å². The van der Waals surface area contributed by atoms with Crippen LogP contribution in [0.25, 0.3) is 0 Å². The molecule has 0 aliphatic heterocycles. The average Bonchev–Trinajstić information content (AvgIpc) is 2.72. The zero-order chi connectivity index (χ0) is 25.1. The Morgan fingerprint density at radius 2 is 1.39 bits per heavy atom. The normalized spacial score (nSPS) is 12.1. The summed E-state index contributed by atoms with van der Waals surface area (Å²) in [5.74, 6) is -0.698. The SMILES string of the molecule is Cc1cc(CCCCCCC(C)(C)C(=O)O)c(C)c(CCCCCCC(C)(C)OC=O)c1C. The first-order chi connectivity index (χ1) is 15.4. The minimum Gasteiger partial charge on any atom is -0.481 e. The molecule has 0 heterocycles. The van der Waals surface area contributed by atoms with Crippen molar-refractivity contribution >= 4 is 12.4 Å². The fourth-order valence-corrected chi connectivity index (χ4v) is 4.56. The summed E-state index contributed by atoms with van der Waals surface area (Å²) in [5.41, 5.74) is 6.33. The number of unbranched alkanes of at least 4 members (excludes halogenated alkanes) is 6. The van der Waals surface area contributed by atoms with E-state index in [1.54, 1.807) is 0 Å². The molecular formula is C29H48O4. The van der Waals surface area contributed by atoms with Crippen LogP contribution in [0.4, 0.5) is 0 Å². The molecule has 0 saturated carbocycles. The van der Waals surface area contributed by atoms with Crippen molar-refractivity contribution in [2.45, 2.75) is 131 Å². The molecule has 0 unspecified atom stereocenters. The molecule has 0 amide bonds. The first kappa shape index (κ1) is 29.2. The first-order valence-electron chi connectivity index (χ1n) is 12.8. The Bertz CT molecular complexity index is 761. The van der Waals surface area contributed by atoms with Gasteiger partial charge in [-0.15, -0.1) is 0 Å². The minimum absolute atomic E-state index is 0.354. The van der Waals surface area contributed by atoms with Crippen LogP contribution < -0.4 is 0 Å². The number of hydrogen-bond donors (Lipinski definition) is 1. The molecule has 0 radical (unpaired) electrons. The van der Waals surface area contributed by atoms with E-state index < -0.39 is 11.4 Å². The van der Waals surface area contributed by atoms with Crippen LogP contribution in [0, 0.1) is 26.2 Å². The van der Waals surface area contributed by atoms with Crippen LogP contribution in [-0.2, 0) is 27.2 Å². The summed E-state index contributed by atoms with van der Waals surface area (Å²) in [6, 6.07) is 2.37. The summed E-state index contributed by atoms with van der Waals surface area (Å²) in [6.07, 6.45) is 12.9. The van der Waals surface area contributed by atoms with Gasteiger partial charge in [0.1, 0.15) is 5.60 Å². The summed E-state index contributed by atoms with van der Waals surface area (Å²) < 4.78 is 5.14. The topological polar surface area (TPSA) is 63.6 Å². The third-order valence-electron chi connectivity index (χ3n) is 7.27. The highest BCUT2D eigenvalue weighted by Gasteiger charge is 2.25. The van der Waals surface area contributed by atoms with Gasteiger partial charge in [0.25, 0.3) is 6.47 Å². The molecule has 0 bridgehead atoms. The second kappa shape index (κ2) is 13.8. The van der Waals surface area contributed by atoms with Crippen LogP contribution in [0.15, 0.2) is 6.07 Å². The van der Waals surface area contributed by atoms with Gasteiger partial charge in [0.15, 0.2) is 0 Å². The predicted molar refractivity (Wildman–Crippen MR) is 137 cm³/mol. The number of carboxylic acids is 1. The molecule has 0 spiro atoms. The van der Waals surface area contributed by atoms with Crippen molar-refractivity contribution < 1.29 is 19.4 Å². The van der Waals surface area contributed by atoms with Crippen molar-refractivity contribution in [2.24, 2.45) is 5.41 Å². The standard InChI is InChI=1S/C29H48O4/c1-22-20-25(16-12-8-10-14-18-28(4,5)27(31)32)24(3)26(23(22)2)17-13-9-11-15-19-29(6,7)33-21-30/h20-21H,8-19H2,1-7H3,(H,31,32). The molecule has 0 saturated heterocycles. The van der Waals surface area contributed by atoms with E-state index in [4.69, 9.17) is 4.74 Å². The molecule has 1 N–H and O–H groups in total. The molecule has 0 aromatic heterocycles. The molecule has 188 valence electrons. The molecule has 1 rings (SSSR count). The zero-order valence-electron chi connectivity index (χ0n) is 22.3. The minimum atomic E-state index is -0.698. The number of aryl methyl sites for hydroxylation is 2. The van der Waals surface area contributed by atoms with Gasteiger partial charge >= 0.3 is 5.97 Å². The number of hydrogen-bond acceptors (Lipinski definition) is 3. The number of rotatable bonds is 17. The van der Waals surface area contributed by atoms with Crippen LogP contribution in [0.3, 0.4) is 0 Å². The van der Waals surface area contributed by atoms with Crippen LogP contribution in [0.1, 0.15) is 120 Å². The second-order valence-electron chi connectivity index (χ2n) is 11.1. The number of carbonyl (C=O) groups excluding carboxylic acids is 1. The highest BCUT2D eigenvalue weighted by atomic mass is 16.5. The third-order valence-corrected chi connectivity index (χ3v) is 7.27. The van der Waals surface area contributed by atoms with E-state index in [0.717, 1.165) is 57.8 Å². The monoisotopic (exact) mass is 460 g/mol. The fourth-order valence-electron chi connectivity index (χ4n) is 4.56. The molecule has 4 heteroatoms. The van der Waals surface area contributed by atoms with Crippen molar-refractivity contribution in [3.05, 3.63) is 33.9 Å². The average molecular weight is 461 g/mol. The molecule has 0 fully saturated rings. The lowest BCUT2D eigenvalue weighted by Crippen LogP contribution is -2.23. The number of carboxylic acid groups (broad SMARTS) is 1. The molecule has 4 nitrogen and oxygen atoms in total. The molecular weight excluding hydrogens is 412 g/mol. The predicted octanol–water partition coefficient (Wildman–Crippen LogP) is 7.66. The lowest BCUT2D eigenvalue weighted by molar-refractivity contribution is -0.147. The smallest absolute Gasteiger partial charge is 0.309 e. The summed E-state index contributed by atoms with van der Waals surface area (Å²) >= 11 is 0. The van der Waals surface area contributed by atoms with E-state index in [1.165, 1.54) is 47.1 Å². The van der Waals surface area contributed by atoms with Gasteiger partial charge in [-0.05, 0) is 121 Å². The Hall–Kier alpha value is -1.84. The van der Waals surface area contributed by atoms with Crippen molar-refractivity contribution in [2.75, 3.05) is 0 Å². The second-order valence-corrected chi connectivity index (χ2v) is 11.1. The van der Waals surface area contributed by atoms with Crippen LogP contribution in [0.5, 0.6) is 0 Å². The summed E-state index contributed by atoms with van der Waals surface area (Å²) in [7, 11) is 0. The Morgan fingerprint density at radius 1 is 0.848 bits per heavy atom. The van der Waals surface area contributed by atoms with E-state index in [-0.39, 0.29) is 5.60 Å². The maximum absolute atomic E-state index is 11.2. The molecule has 0 aliphatic carbocycles. The van der Waals surface area contributed by atoms with Crippen LogP contribution in [-0.4, -0.2) is 23.1 Å². The Morgan fingerprint density at radius 3 is 1.97 bits per heavy atom. The van der Waals surface area contributed by atoms with Gasteiger partial charge in [-0.1, -0.05) is 38.2 Å². The number of ether oxygens (including phenoxy) is 1. The van der Waals surface area contributed by atoms with E-state index in [2.05, 4.69) is 26.8 Å². The maximum atomic E-state index is 11.2.